The third kappa shape index (κ3) is 3.19. The third-order valence-electron chi connectivity index (χ3n) is 3.59. The van der Waals surface area contributed by atoms with Gasteiger partial charge in [0.1, 0.15) is 0 Å². The summed E-state index contributed by atoms with van der Waals surface area (Å²) in [5.74, 6) is -0.134. The zero-order chi connectivity index (χ0) is 15.6. The van der Waals surface area contributed by atoms with Crippen LogP contribution in [0.4, 0.5) is 4.39 Å². The number of hydrogen-bond donors (Lipinski definition) is 1. The minimum atomic E-state index is -0.373. The van der Waals surface area contributed by atoms with Gasteiger partial charge in [0.15, 0.2) is 11.6 Å². The molecule has 21 heavy (non-hydrogen) atoms. The number of methoxy groups -OCH3 is 1. The van der Waals surface area contributed by atoms with E-state index in [9.17, 15) is 4.39 Å². The largest absolute Gasteiger partial charge is 0.494 e. The molecule has 1 atom stereocenters. The highest BCUT2D eigenvalue weighted by Crippen LogP contribution is 2.27. The van der Waals surface area contributed by atoms with Crippen LogP contribution in [0.5, 0.6) is 5.75 Å². The number of nitrogens with one attached hydrogen (secondary N) is 1. The van der Waals surface area contributed by atoms with Crippen LogP contribution < -0.4 is 10.1 Å². The van der Waals surface area contributed by atoms with Gasteiger partial charge in [-0.2, -0.15) is 5.10 Å². The number of nitrogens with zero attached hydrogens (tertiary/aromatic N) is 2. The van der Waals surface area contributed by atoms with Crippen molar-refractivity contribution in [3.05, 3.63) is 46.0 Å². The molecule has 0 amide bonds. The van der Waals surface area contributed by atoms with Crippen molar-refractivity contribution in [3.63, 3.8) is 0 Å². The van der Waals surface area contributed by atoms with Gasteiger partial charge in [0.05, 0.1) is 23.5 Å². The lowest BCUT2D eigenvalue weighted by molar-refractivity contribution is 0.385. The molecule has 1 N–H and O–H groups in total. The molecule has 0 saturated heterocycles. The van der Waals surface area contributed by atoms with Gasteiger partial charge in [0.25, 0.3) is 0 Å². The zero-order valence-corrected chi connectivity index (χ0v) is 13.3. The summed E-state index contributed by atoms with van der Waals surface area (Å²) in [4.78, 5) is 0. The smallest absolute Gasteiger partial charge is 0.165 e. The molecule has 1 heterocycles. The van der Waals surface area contributed by atoms with E-state index in [1.165, 1.54) is 13.2 Å². The Labute approximate surface area is 128 Å². The molecular weight excluding hydrogens is 293 g/mol. The molecule has 0 saturated carbocycles. The summed E-state index contributed by atoms with van der Waals surface area (Å²) in [6, 6.07) is 4.90. The van der Waals surface area contributed by atoms with E-state index in [1.807, 2.05) is 27.1 Å². The van der Waals surface area contributed by atoms with Crippen molar-refractivity contribution in [2.45, 2.75) is 19.4 Å². The summed E-state index contributed by atoms with van der Waals surface area (Å²) < 4.78 is 20.6. The number of ether oxygens (including phenoxy) is 1. The number of benzene rings is 1. The van der Waals surface area contributed by atoms with E-state index in [0.29, 0.717) is 11.4 Å². The second-order valence-corrected chi connectivity index (χ2v) is 5.29. The first-order valence-corrected chi connectivity index (χ1v) is 7.04. The van der Waals surface area contributed by atoms with Gasteiger partial charge < -0.3 is 10.1 Å². The summed E-state index contributed by atoms with van der Waals surface area (Å²) in [7, 11) is 5.14. The topological polar surface area (TPSA) is 39.1 Å². The normalized spacial score (nSPS) is 12.5. The van der Waals surface area contributed by atoms with Crippen molar-refractivity contribution in [3.8, 4) is 5.75 Å². The number of hydrogen-bond acceptors (Lipinski definition) is 3. The van der Waals surface area contributed by atoms with E-state index in [1.54, 1.807) is 10.7 Å². The molecule has 1 aromatic carbocycles. The number of likely N-dealkylation sites (N-methyl/N-ethyl adjacent to an activating group) is 1. The summed E-state index contributed by atoms with van der Waals surface area (Å²) >= 11 is 6.28. The molecule has 6 heteroatoms. The summed E-state index contributed by atoms with van der Waals surface area (Å²) in [6.45, 7) is 1.87. The standard InChI is InChI=1S/C15H19ClFN3O/c1-9-15(16)13(20(3)19-9)8-12(18-2)10-5-6-14(21-4)11(17)7-10/h5-7,12,18H,8H2,1-4H3. The van der Waals surface area contributed by atoms with Crippen LogP contribution in [0, 0.1) is 12.7 Å². The van der Waals surface area contributed by atoms with E-state index in [2.05, 4.69) is 10.4 Å². The maximum absolute atomic E-state index is 13.9. The van der Waals surface area contributed by atoms with Crippen LogP contribution >= 0.6 is 11.6 Å². The van der Waals surface area contributed by atoms with Crippen LogP contribution in [0.1, 0.15) is 23.0 Å². The fourth-order valence-corrected chi connectivity index (χ4v) is 2.62. The molecule has 0 bridgehead atoms. The van der Waals surface area contributed by atoms with Gasteiger partial charge in [0.2, 0.25) is 0 Å². The molecule has 0 radical (unpaired) electrons. The van der Waals surface area contributed by atoms with Gasteiger partial charge in [0, 0.05) is 19.5 Å². The van der Waals surface area contributed by atoms with Crippen LogP contribution in [0.15, 0.2) is 18.2 Å². The Kier molecular flexibility index (Phi) is 4.85. The highest BCUT2D eigenvalue weighted by Gasteiger charge is 2.18. The minimum absolute atomic E-state index is 0.0577. The monoisotopic (exact) mass is 311 g/mol. The molecule has 2 aromatic rings. The molecule has 1 unspecified atom stereocenters. The molecule has 0 fully saturated rings. The predicted octanol–water partition coefficient (Wildman–Crippen LogP) is 3.03. The molecule has 0 aliphatic rings. The SMILES string of the molecule is CNC(Cc1c(Cl)c(C)nn1C)c1ccc(OC)c(F)c1. The van der Waals surface area contributed by atoms with Gasteiger partial charge in [-0.1, -0.05) is 17.7 Å². The second kappa shape index (κ2) is 6.45. The molecular formula is C15H19ClFN3O. The van der Waals surface area contributed by atoms with Crippen molar-refractivity contribution in [2.24, 2.45) is 7.05 Å². The lowest BCUT2D eigenvalue weighted by atomic mass is 10.0. The highest BCUT2D eigenvalue weighted by atomic mass is 35.5. The van der Waals surface area contributed by atoms with Crippen LogP contribution in [0.3, 0.4) is 0 Å². The fraction of sp³-hybridized carbons (Fsp3) is 0.400. The Morgan fingerprint density at radius 1 is 1.48 bits per heavy atom. The van der Waals surface area contributed by atoms with Gasteiger partial charge in [-0.15, -0.1) is 0 Å². The van der Waals surface area contributed by atoms with E-state index < -0.39 is 0 Å². The van der Waals surface area contributed by atoms with Crippen LogP contribution in [-0.4, -0.2) is 23.9 Å². The lowest BCUT2D eigenvalue weighted by Gasteiger charge is -2.18. The van der Waals surface area contributed by atoms with Gasteiger partial charge >= 0.3 is 0 Å². The minimum Gasteiger partial charge on any atom is -0.494 e. The third-order valence-corrected chi connectivity index (χ3v) is 4.08. The van der Waals surface area contributed by atoms with Crippen LogP contribution in [-0.2, 0) is 13.5 Å². The van der Waals surface area contributed by atoms with E-state index in [-0.39, 0.29) is 17.6 Å². The number of aromatic nitrogens is 2. The molecule has 114 valence electrons. The average molecular weight is 312 g/mol. The molecule has 2 rings (SSSR count). The fourth-order valence-electron chi connectivity index (χ4n) is 2.38. The quantitative estimate of drug-likeness (QED) is 0.922. The maximum Gasteiger partial charge on any atom is 0.165 e. The van der Waals surface area contributed by atoms with E-state index in [4.69, 9.17) is 16.3 Å². The van der Waals surface area contributed by atoms with Crippen molar-refractivity contribution in [2.75, 3.05) is 14.2 Å². The molecule has 0 spiro atoms. The molecule has 0 aliphatic heterocycles. The summed E-state index contributed by atoms with van der Waals surface area (Å²) in [5.41, 5.74) is 2.56. The highest BCUT2D eigenvalue weighted by molar-refractivity contribution is 6.31. The second-order valence-electron chi connectivity index (χ2n) is 4.91. The Bertz CT molecular complexity index is 642. The molecule has 4 nitrogen and oxygen atoms in total. The van der Waals surface area contributed by atoms with Gasteiger partial charge in [-0.05, 0) is 31.7 Å². The van der Waals surface area contributed by atoms with Crippen molar-refractivity contribution in [1.29, 1.82) is 0 Å². The van der Waals surface area contributed by atoms with Gasteiger partial charge in [-0.25, -0.2) is 4.39 Å². The first-order chi connectivity index (χ1) is 9.97. The lowest BCUT2D eigenvalue weighted by Crippen LogP contribution is -2.20. The zero-order valence-electron chi connectivity index (χ0n) is 12.6. The van der Waals surface area contributed by atoms with Crippen molar-refractivity contribution in [1.82, 2.24) is 15.1 Å². The summed E-state index contributed by atoms with van der Waals surface area (Å²) in [5, 5.41) is 8.15. The first-order valence-electron chi connectivity index (χ1n) is 6.66. The average Bonchev–Trinajstić information content (AvgIpc) is 2.70. The van der Waals surface area contributed by atoms with E-state index >= 15 is 0 Å². The number of aryl methyl sites for hydroxylation is 2. The first kappa shape index (κ1) is 15.8. The van der Waals surface area contributed by atoms with Gasteiger partial charge in [-0.3, -0.25) is 4.68 Å². The van der Waals surface area contributed by atoms with Crippen molar-refractivity contribution < 1.29 is 9.13 Å². The predicted molar refractivity (Wildman–Crippen MR) is 81.4 cm³/mol. The Morgan fingerprint density at radius 2 is 2.19 bits per heavy atom. The van der Waals surface area contributed by atoms with Crippen LogP contribution in [0.25, 0.3) is 0 Å². The Balaban J connectivity index is 2.30. The summed E-state index contributed by atoms with van der Waals surface area (Å²) in [6.07, 6.45) is 0.623. The Hall–Kier alpha value is -1.59. The molecule has 1 aromatic heterocycles. The maximum atomic E-state index is 13.9. The number of rotatable bonds is 5. The molecule has 0 aliphatic carbocycles. The van der Waals surface area contributed by atoms with Crippen LogP contribution in [0.2, 0.25) is 5.02 Å². The van der Waals surface area contributed by atoms with E-state index in [0.717, 1.165) is 17.0 Å². The Morgan fingerprint density at radius 3 is 2.67 bits per heavy atom. The number of halogens is 2. The van der Waals surface area contributed by atoms with Crippen molar-refractivity contribution >= 4 is 11.6 Å².